The molecular weight excluding hydrogens is 284 g/mol. The summed E-state index contributed by atoms with van der Waals surface area (Å²) < 4.78 is 12.1. The highest BCUT2D eigenvalue weighted by atomic mass is 16.7. The minimum Gasteiger partial charge on any atom is -0.348 e. The molecule has 2 fully saturated rings. The second-order valence-electron chi connectivity index (χ2n) is 7.42. The van der Waals surface area contributed by atoms with E-state index in [1.807, 2.05) is 0 Å². The summed E-state index contributed by atoms with van der Waals surface area (Å²) in [6.07, 6.45) is 9.25. The van der Waals surface area contributed by atoms with Crippen molar-refractivity contribution in [3.63, 3.8) is 0 Å². The number of hydrogen-bond donors (Lipinski definition) is 0. The summed E-state index contributed by atoms with van der Waals surface area (Å²) in [7, 11) is 0. The molecule has 1 aromatic carbocycles. The standard InChI is InChI=1S/C21H32O2/c1-3-5-17-8-10-18(11-9-17)20-14-22-21(23-15-20)19-12-6-16(4-2)7-13-19/h6-7,12-13,17-18,20-21H,3-5,8-11,14-15H2,1-2H3. The van der Waals surface area contributed by atoms with Gasteiger partial charge in [-0.2, -0.15) is 0 Å². The monoisotopic (exact) mass is 316 g/mol. The van der Waals surface area contributed by atoms with Gasteiger partial charge in [0.1, 0.15) is 0 Å². The molecule has 0 bridgehead atoms. The SMILES string of the molecule is CCCC1CCC(C2COC(c3ccc(CC)cc3)OC2)CC1. The number of benzene rings is 1. The second kappa shape index (κ2) is 8.30. The van der Waals surface area contributed by atoms with Crippen molar-refractivity contribution in [2.75, 3.05) is 13.2 Å². The Hall–Kier alpha value is -0.860. The van der Waals surface area contributed by atoms with E-state index in [2.05, 4.69) is 38.1 Å². The van der Waals surface area contributed by atoms with Crippen LogP contribution < -0.4 is 0 Å². The van der Waals surface area contributed by atoms with E-state index in [0.717, 1.165) is 37.0 Å². The van der Waals surface area contributed by atoms with Crippen LogP contribution in [0.4, 0.5) is 0 Å². The maximum absolute atomic E-state index is 6.06. The van der Waals surface area contributed by atoms with Crippen LogP contribution in [0, 0.1) is 17.8 Å². The van der Waals surface area contributed by atoms with Gasteiger partial charge in [0.05, 0.1) is 13.2 Å². The Labute approximate surface area is 141 Å². The highest BCUT2D eigenvalue weighted by molar-refractivity contribution is 5.23. The fourth-order valence-electron chi connectivity index (χ4n) is 4.25. The third-order valence-electron chi connectivity index (χ3n) is 5.84. The van der Waals surface area contributed by atoms with Gasteiger partial charge in [-0.3, -0.25) is 0 Å². The molecule has 1 aliphatic carbocycles. The number of hydrogen-bond acceptors (Lipinski definition) is 2. The summed E-state index contributed by atoms with van der Waals surface area (Å²) in [5.74, 6) is 2.39. The molecule has 0 aromatic heterocycles. The predicted molar refractivity (Wildman–Crippen MR) is 94.3 cm³/mol. The van der Waals surface area contributed by atoms with Gasteiger partial charge < -0.3 is 9.47 Å². The van der Waals surface area contributed by atoms with Gasteiger partial charge in [0.2, 0.25) is 0 Å². The zero-order valence-corrected chi connectivity index (χ0v) is 14.8. The lowest BCUT2D eigenvalue weighted by Crippen LogP contribution is -2.34. The van der Waals surface area contributed by atoms with Crippen LogP contribution in [0.3, 0.4) is 0 Å². The molecule has 1 heterocycles. The van der Waals surface area contributed by atoms with E-state index in [9.17, 15) is 0 Å². The van der Waals surface area contributed by atoms with E-state index < -0.39 is 0 Å². The molecule has 1 saturated heterocycles. The first-order valence-electron chi connectivity index (χ1n) is 9.62. The molecule has 0 N–H and O–H groups in total. The van der Waals surface area contributed by atoms with E-state index in [4.69, 9.17) is 9.47 Å². The fraction of sp³-hybridized carbons (Fsp3) is 0.714. The number of aryl methyl sites for hydroxylation is 1. The van der Waals surface area contributed by atoms with E-state index >= 15 is 0 Å². The van der Waals surface area contributed by atoms with Crippen LogP contribution in [-0.4, -0.2) is 13.2 Å². The molecule has 0 radical (unpaired) electrons. The highest BCUT2D eigenvalue weighted by Gasteiger charge is 2.32. The minimum absolute atomic E-state index is 0.159. The molecule has 1 aliphatic heterocycles. The van der Waals surface area contributed by atoms with Crippen molar-refractivity contribution in [3.05, 3.63) is 35.4 Å². The average Bonchev–Trinajstić information content (AvgIpc) is 2.63. The lowest BCUT2D eigenvalue weighted by Gasteiger charge is -2.37. The number of ether oxygens (including phenoxy) is 2. The van der Waals surface area contributed by atoms with Crippen molar-refractivity contribution in [1.82, 2.24) is 0 Å². The molecule has 23 heavy (non-hydrogen) atoms. The Balaban J connectivity index is 1.46. The molecule has 0 spiro atoms. The van der Waals surface area contributed by atoms with Gasteiger partial charge in [-0.05, 0) is 36.7 Å². The van der Waals surface area contributed by atoms with E-state index in [1.54, 1.807) is 0 Å². The highest BCUT2D eigenvalue weighted by Crippen LogP contribution is 2.38. The summed E-state index contributed by atoms with van der Waals surface area (Å²) >= 11 is 0. The normalized spacial score (nSPS) is 31.9. The van der Waals surface area contributed by atoms with Crippen LogP contribution in [0.25, 0.3) is 0 Å². The van der Waals surface area contributed by atoms with Crippen molar-refractivity contribution in [3.8, 4) is 0 Å². The topological polar surface area (TPSA) is 18.5 Å². The van der Waals surface area contributed by atoms with Crippen LogP contribution in [0.15, 0.2) is 24.3 Å². The molecule has 1 aromatic rings. The van der Waals surface area contributed by atoms with Crippen molar-refractivity contribution in [2.24, 2.45) is 17.8 Å². The zero-order chi connectivity index (χ0) is 16.1. The molecule has 3 rings (SSSR count). The molecule has 2 aliphatic rings. The van der Waals surface area contributed by atoms with Crippen molar-refractivity contribution >= 4 is 0 Å². The summed E-state index contributed by atoms with van der Waals surface area (Å²) in [4.78, 5) is 0. The molecule has 2 nitrogen and oxygen atoms in total. The smallest absolute Gasteiger partial charge is 0.183 e. The maximum atomic E-state index is 6.06. The predicted octanol–water partition coefficient (Wildman–Crippen LogP) is 5.52. The van der Waals surface area contributed by atoms with Crippen molar-refractivity contribution < 1.29 is 9.47 Å². The van der Waals surface area contributed by atoms with Crippen LogP contribution in [-0.2, 0) is 15.9 Å². The maximum Gasteiger partial charge on any atom is 0.183 e. The third kappa shape index (κ3) is 4.36. The Morgan fingerprint density at radius 3 is 2.09 bits per heavy atom. The van der Waals surface area contributed by atoms with E-state index in [-0.39, 0.29) is 6.29 Å². The second-order valence-corrected chi connectivity index (χ2v) is 7.42. The lowest BCUT2D eigenvalue weighted by atomic mass is 9.75. The van der Waals surface area contributed by atoms with Gasteiger partial charge in [0, 0.05) is 11.5 Å². The first-order chi connectivity index (χ1) is 11.3. The van der Waals surface area contributed by atoms with Gasteiger partial charge >= 0.3 is 0 Å². The van der Waals surface area contributed by atoms with Crippen LogP contribution >= 0.6 is 0 Å². The molecule has 128 valence electrons. The first-order valence-corrected chi connectivity index (χ1v) is 9.62. The fourth-order valence-corrected chi connectivity index (χ4v) is 4.25. The van der Waals surface area contributed by atoms with Gasteiger partial charge in [0.25, 0.3) is 0 Å². The average molecular weight is 316 g/mol. The molecule has 0 atom stereocenters. The van der Waals surface area contributed by atoms with Gasteiger partial charge in [0.15, 0.2) is 6.29 Å². The number of rotatable bonds is 5. The Morgan fingerprint density at radius 1 is 0.870 bits per heavy atom. The van der Waals surface area contributed by atoms with Crippen LogP contribution in [0.5, 0.6) is 0 Å². The summed E-state index contributed by atoms with van der Waals surface area (Å²) in [5.41, 5.74) is 2.53. The Bertz CT molecular complexity index is 451. The molecular formula is C21H32O2. The minimum atomic E-state index is -0.159. The van der Waals surface area contributed by atoms with Crippen molar-refractivity contribution in [1.29, 1.82) is 0 Å². The lowest BCUT2D eigenvalue weighted by molar-refractivity contribution is -0.214. The Morgan fingerprint density at radius 2 is 1.52 bits per heavy atom. The van der Waals surface area contributed by atoms with Gasteiger partial charge in [-0.15, -0.1) is 0 Å². The third-order valence-corrected chi connectivity index (χ3v) is 5.84. The quantitative estimate of drug-likeness (QED) is 0.712. The zero-order valence-electron chi connectivity index (χ0n) is 14.8. The molecule has 0 unspecified atom stereocenters. The Kier molecular flexibility index (Phi) is 6.13. The summed E-state index contributed by atoms with van der Waals surface area (Å²) in [6, 6.07) is 8.67. The van der Waals surface area contributed by atoms with E-state index in [0.29, 0.717) is 5.92 Å². The van der Waals surface area contributed by atoms with E-state index in [1.165, 1.54) is 44.1 Å². The van der Waals surface area contributed by atoms with Gasteiger partial charge in [-0.25, -0.2) is 0 Å². The van der Waals surface area contributed by atoms with Crippen molar-refractivity contribution in [2.45, 2.75) is 65.1 Å². The summed E-state index contributed by atoms with van der Waals surface area (Å²) in [5, 5.41) is 0. The molecule has 0 amide bonds. The largest absolute Gasteiger partial charge is 0.348 e. The molecule has 1 saturated carbocycles. The van der Waals surface area contributed by atoms with Crippen LogP contribution in [0.2, 0.25) is 0 Å². The van der Waals surface area contributed by atoms with Gasteiger partial charge in [-0.1, -0.05) is 63.8 Å². The first kappa shape index (κ1) is 17.0. The summed E-state index contributed by atoms with van der Waals surface area (Å²) in [6.45, 7) is 6.22. The molecule has 2 heteroatoms. The van der Waals surface area contributed by atoms with Crippen LogP contribution in [0.1, 0.15) is 69.8 Å².